The minimum atomic E-state index is -3.75. The molecule has 0 fully saturated rings. The van der Waals surface area contributed by atoms with Crippen molar-refractivity contribution >= 4 is 15.8 Å². The quantitative estimate of drug-likeness (QED) is 0.485. The summed E-state index contributed by atoms with van der Waals surface area (Å²) in [5.74, 6) is -1.47. The summed E-state index contributed by atoms with van der Waals surface area (Å²) in [6.07, 6.45) is 0. The smallest absolute Gasteiger partial charge is 0.349 e. The van der Waals surface area contributed by atoms with E-state index in [1.165, 1.54) is 0 Å². The molecule has 0 aliphatic heterocycles. The van der Waals surface area contributed by atoms with Crippen molar-refractivity contribution in [3.05, 3.63) is 11.5 Å². The van der Waals surface area contributed by atoms with Crippen molar-refractivity contribution in [3.8, 4) is 0 Å². The summed E-state index contributed by atoms with van der Waals surface area (Å²) < 4.78 is 26.6. The van der Waals surface area contributed by atoms with E-state index in [1.54, 1.807) is 6.92 Å². The van der Waals surface area contributed by atoms with Gasteiger partial charge >= 0.3 is 5.97 Å². The molecule has 0 rings (SSSR count). The zero-order valence-corrected chi connectivity index (χ0v) is 8.13. The fraction of sp³-hybridized carbons (Fsp3) is 0.571. The number of aliphatic hydroxyl groups is 1. The third kappa shape index (κ3) is 3.56. The van der Waals surface area contributed by atoms with Gasteiger partial charge < -0.3 is 9.84 Å². The Balaban J connectivity index is 4.51. The molecule has 76 valence electrons. The van der Waals surface area contributed by atoms with E-state index in [9.17, 15) is 13.2 Å². The summed E-state index contributed by atoms with van der Waals surface area (Å²) >= 11 is 0. The predicted octanol–water partition coefficient (Wildman–Crippen LogP) is -0.530. The number of hydrogen-bond donors (Lipinski definition) is 1. The molecule has 0 spiro atoms. The van der Waals surface area contributed by atoms with Crippen LogP contribution in [0.1, 0.15) is 6.92 Å². The maximum Gasteiger partial charge on any atom is 0.349 e. The average molecular weight is 208 g/mol. The molecule has 13 heavy (non-hydrogen) atoms. The molecule has 0 bridgehead atoms. The van der Waals surface area contributed by atoms with E-state index < -0.39 is 33.1 Å². The van der Waals surface area contributed by atoms with Gasteiger partial charge in [0.25, 0.3) is 0 Å². The van der Waals surface area contributed by atoms with E-state index in [0.717, 1.165) is 0 Å². The van der Waals surface area contributed by atoms with Crippen LogP contribution in [0.2, 0.25) is 0 Å². The molecule has 0 aromatic heterocycles. The molecule has 0 atom stereocenters. The Labute approximate surface area is 76.9 Å². The first-order valence-corrected chi connectivity index (χ1v) is 5.30. The molecule has 0 unspecified atom stereocenters. The normalized spacial score (nSPS) is 10.9. The molecule has 0 aromatic carbocycles. The monoisotopic (exact) mass is 208 g/mol. The Morgan fingerprint density at radius 1 is 1.54 bits per heavy atom. The fourth-order valence-corrected chi connectivity index (χ4v) is 1.38. The molecule has 0 heterocycles. The standard InChI is InChI=1S/C7H12O5S/c1-3-12-7(9)6(2)13(10,11)5-4-8/h8H,2-5H2,1H3. The van der Waals surface area contributed by atoms with Crippen LogP contribution in [0.25, 0.3) is 0 Å². The predicted molar refractivity (Wildman–Crippen MR) is 46.6 cm³/mol. The van der Waals surface area contributed by atoms with Gasteiger partial charge in [-0.05, 0) is 6.92 Å². The molecule has 0 amide bonds. The summed E-state index contributed by atoms with van der Waals surface area (Å²) in [7, 11) is -3.75. The van der Waals surface area contributed by atoms with Crippen molar-refractivity contribution in [2.75, 3.05) is 19.0 Å². The lowest BCUT2D eigenvalue weighted by atomic mass is 10.6. The molecule has 0 radical (unpaired) electrons. The van der Waals surface area contributed by atoms with Gasteiger partial charge in [0, 0.05) is 0 Å². The van der Waals surface area contributed by atoms with Crippen molar-refractivity contribution in [2.24, 2.45) is 0 Å². The van der Waals surface area contributed by atoms with E-state index in [-0.39, 0.29) is 6.61 Å². The second-order valence-electron chi connectivity index (χ2n) is 2.19. The molecule has 0 saturated carbocycles. The SMILES string of the molecule is C=C(C(=O)OCC)S(=O)(=O)CCO. The highest BCUT2D eigenvalue weighted by molar-refractivity contribution is 7.96. The fourth-order valence-electron chi connectivity index (χ4n) is 0.582. The second-order valence-corrected chi connectivity index (χ2v) is 4.32. The van der Waals surface area contributed by atoms with Gasteiger partial charge in [0.05, 0.1) is 19.0 Å². The van der Waals surface area contributed by atoms with Gasteiger partial charge in [0.2, 0.25) is 0 Å². The first-order chi connectivity index (χ1) is 5.95. The maximum atomic E-state index is 11.1. The number of rotatable bonds is 5. The first kappa shape index (κ1) is 12.1. The summed E-state index contributed by atoms with van der Waals surface area (Å²) in [6, 6.07) is 0. The molecule has 0 aliphatic rings. The van der Waals surface area contributed by atoms with Crippen LogP contribution in [0.5, 0.6) is 0 Å². The Hall–Kier alpha value is -0.880. The molecular formula is C7H12O5S. The van der Waals surface area contributed by atoms with Crippen molar-refractivity contribution in [2.45, 2.75) is 6.92 Å². The van der Waals surface area contributed by atoms with Gasteiger partial charge in [0.1, 0.15) is 4.91 Å². The Morgan fingerprint density at radius 2 is 2.08 bits per heavy atom. The van der Waals surface area contributed by atoms with Crippen molar-refractivity contribution < 1.29 is 23.1 Å². The van der Waals surface area contributed by atoms with Crippen LogP contribution in [0.4, 0.5) is 0 Å². The van der Waals surface area contributed by atoms with Crippen molar-refractivity contribution in [3.63, 3.8) is 0 Å². The van der Waals surface area contributed by atoms with E-state index in [0.29, 0.717) is 0 Å². The van der Waals surface area contributed by atoms with Gasteiger partial charge in [-0.2, -0.15) is 0 Å². The van der Waals surface area contributed by atoms with E-state index in [1.807, 2.05) is 0 Å². The molecule has 6 heteroatoms. The first-order valence-electron chi connectivity index (χ1n) is 3.65. The van der Waals surface area contributed by atoms with Crippen LogP contribution in [0.3, 0.4) is 0 Å². The number of ether oxygens (including phenoxy) is 1. The van der Waals surface area contributed by atoms with Crippen LogP contribution in [-0.4, -0.2) is 38.5 Å². The molecular weight excluding hydrogens is 196 g/mol. The zero-order chi connectivity index (χ0) is 10.5. The second kappa shape index (κ2) is 4.98. The van der Waals surface area contributed by atoms with Crippen LogP contribution >= 0.6 is 0 Å². The minimum Gasteiger partial charge on any atom is -0.462 e. The Bertz CT molecular complexity index is 290. The summed E-state index contributed by atoms with van der Waals surface area (Å²) in [4.78, 5) is 10.3. The zero-order valence-electron chi connectivity index (χ0n) is 7.32. The lowest BCUT2D eigenvalue weighted by Crippen LogP contribution is -2.19. The van der Waals surface area contributed by atoms with Gasteiger partial charge in [-0.15, -0.1) is 0 Å². The van der Waals surface area contributed by atoms with Crippen LogP contribution in [0.15, 0.2) is 11.5 Å². The van der Waals surface area contributed by atoms with E-state index in [2.05, 4.69) is 11.3 Å². The van der Waals surface area contributed by atoms with E-state index >= 15 is 0 Å². The minimum absolute atomic E-state index is 0.0898. The lowest BCUT2D eigenvalue weighted by Gasteiger charge is -2.04. The Kier molecular flexibility index (Phi) is 4.64. The van der Waals surface area contributed by atoms with Crippen LogP contribution < -0.4 is 0 Å². The molecule has 0 aromatic rings. The number of aliphatic hydroxyl groups excluding tert-OH is 1. The van der Waals surface area contributed by atoms with Gasteiger partial charge in [-0.3, -0.25) is 0 Å². The molecule has 0 saturated heterocycles. The molecule has 5 nitrogen and oxygen atoms in total. The third-order valence-electron chi connectivity index (χ3n) is 1.24. The van der Waals surface area contributed by atoms with Gasteiger partial charge in [0.15, 0.2) is 9.84 Å². The van der Waals surface area contributed by atoms with Crippen LogP contribution in [-0.2, 0) is 19.4 Å². The van der Waals surface area contributed by atoms with Crippen molar-refractivity contribution in [1.82, 2.24) is 0 Å². The maximum absolute atomic E-state index is 11.1. The molecule has 1 N–H and O–H groups in total. The number of esters is 1. The van der Waals surface area contributed by atoms with Gasteiger partial charge in [-0.25, -0.2) is 13.2 Å². The molecule has 0 aliphatic carbocycles. The van der Waals surface area contributed by atoms with E-state index in [4.69, 9.17) is 5.11 Å². The number of sulfone groups is 1. The highest BCUT2D eigenvalue weighted by Crippen LogP contribution is 2.06. The highest BCUT2D eigenvalue weighted by atomic mass is 32.2. The topological polar surface area (TPSA) is 80.7 Å². The summed E-state index contributed by atoms with van der Waals surface area (Å²) in [6.45, 7) is 4.20. The lowest BCUT2D eigenvalue weighted by molar-refractivity contribution is -0.137. The number of carbonyl (C=O) groups excluding carboxylic acids is 1. The third-order valence-corrected chi connectivity index (χ3v) is 2.88. The van der Waals surface area contributed by atoms with Crippen LogP contribution in [0, 0.1) is 0 Å². The number of hydrogen-bond acceptors (Lipinski definition) is 5. The summed E-state index contributed by atoms with van der Waals surface area (Å²) in [5.41, 5.74) is 0. The van der Waals surface area contributed by atoms with Gasteiger partial charge in [-0.1, -0.05) is 6.58 Å². The largest absolute Gasteiger partial charge is 0.462 e. The summed E-state index contributed by atoms with van der Waals surface area (Å²) in [5, 5.41) is 8.39. The number of carbonyl (C=O) groups is 1. The Morgan fingerprint density at radius 3 is 2.46 bits per heavy atom. The van der Waals surface area contributed by atoms with Crippen molar-refractivity contribution in [1.29, 1.82) is 0 Å². The highest BCUT2D eigenvalue weighted by Gasteiger charge is 2.22. The average Bonchev–Trinajstić information content (AvgIpc) is 2.03.